The Morgan fingerprint density at radius 3 is 2.13 bits per heavy atom. The molecule has 1 atom stereocenters. The van der Waals surface area contributed by atoms with E-state index in [4.69, 9.17) is 21.3 Å². The van der Waals surface area contributed by atoms with Gasteiger partial charge in [0.25, 0.3) is 15.9 Å². The number of urea groups is 1. The second kappa shape index (κ2) is 27.5. The number of aromatic nitrogens is 4. The van der Waals surface area contributed by atoms with Crippen molar-refractivity contribution in [3.8, 4) is 11.4 Å². The van der Waals surface area contributed by atoms with Crippen LogP contribution in [-0.4, -0.2) is 76.7 Å². The van der Waals surface area contributed by atoms with E-state index in [1.807, 2.05) is 0 Å². The molecule has 0 fully saturated rings. The van der Waals surface area contributed by atoms with Crippen LogP contribution in [0.5, 0.6) is 5.75 Å². The van der Waals surface area contributed by atoms with Crippen LogP contribution in [-0.2, 0) is 29.1 Å². The first-order valence-electron chi connectivity index (χ1n) is 24.8. The molecule has 0 spiro atoms. The number of phenols is 1. The van der Waals surface area contributed by atoms with Gasteiger partial charge in [0, 0.05) is 39.1 Å². The molecule has 402 valence electrons. The van der Waals surface area contributed by atoms with E-state index in [2.05, 4.69) is 48.7 Å². The number of tetrazole rings is 1. The van der Waals surface area contributed by atoms with Crippen LogP contribution in [0.25, 0.3) is 16.5 Å². The lowest BCUT2D eigenvalue weighted by Crippen LogP contribution is -2.27. The molecule has 23 heteroatoms. The maximum Gasteiger partial charge on any atom is 0.347 e. The second-order valence-electron chi connectivity index (χ2n) is 17.6. The molecule has 20 nitrogen and oxygen atoms in total. The SMILES string of the molecule is CCCCCCCCCCCCOC(=O)C(C)OC(=O)c1cccc(N(Cl)C(=O)c2cc(Sc3nnnn3-c3cccc(NC(=O)Nc4cccc(S(=O)(=O)Nc5ccc(NNC=O)cc5)c4)c3)c3ccccc3c2O)c1. The number of carbonyl (C=O) groups is 5. The molecule has 1 aromatic heterocycles. The monoisotopic (exact) mass is 1100 g/mol. The largest absolute Gasteiger partial charge is 0.506 e. The van der Waals surface area contributed by atoms with Crippen molar-refractivity contribution in [2.24, 2.45) is 0 Å². The molecule has 0 aliphatic heterocycles. The zero-order chi connectivity index (χ0) is 54.7. The van der Waals surface area contributed by atoms with E-state index in [1.165, 1.54) is 117 Å². The highest BCUT2D eigenvalue weighted by Gasteiger charge is 2.26. The fourth-order valence-electron chi connectivity index (χ4n) is 7.91. The molecule has 7 aromatic rings. The Kier molecular flexibility index (Phi) is 20.2. The van der Waals surface area contributed by atoms with Crippen molar-refractivity contribution in [3.63, 3.8) is 0 Å². The first-order chi connectivity index (χ1) is 37.2. The predicted octanol–water partition coefficient (Wildman–Crippen LogP) is 11.0. The Bertz CT molecular complexity index is 3310. The van der Waals surface area contributed by atoms with E-state index in [0.29, 0.717) is 45.6 Å². The van der Waals surface area contributed by atoms with E-state index in [1.54, 1.807) is 60.7 Å². The van der Waals surface area contributed by atoms with Gasteiger partial charge < -0.3 is 25.2 Å². The summed E-state index contributed by atoms with van der Waals surface area (Å²) in [6, 6.07) is 31.8. The molecule has 0 aliphatic carbocycles. The minimum atomic E-state index is -4.07. The molecule has 1 heterocycles. The zero-order valence-electron chi connectivity index (χ0n) is 42.1. The van der Waals surface area contributed by atoms with E-state index < -0.39 is 40.0 Å². The molecule has 0 bridgehead atoms. The van der Waals surface area contributed by atoms with Crippen molar-refractivity contribution in [3.05, 3.63) is 139 Å². The summed E-state index contributed by atoms with van der Waals surface area (Å²) in [5.74, 6) is -2.69. The number of nitrogens with one attached hydrogen (secondary N) is 5. The second-order valence-corrected chi connectivity index (χ2v) is 20.6. The van der Waals surface area contributed by atoms with Crippen LogP contribution < -0.4 is 30.6 Å². The lowest BCUT2D eigenvalue weighted by atomic mass is 10.0. The van der Waals surface area contributed by atoms with Crippen LogP contribution in [0.1, 0.15) is 98.8 Å². The number of rotatable bonds is 27. The Hall–Kier alpha value is -8.21. The number of esters is 2. The standard InChI is InChI=1S/C54H57ClN10O10S2/c1-3-4-5-6-7-8-9-10-11-14-30-74-51(69)36(2)75-52(70)37-18-15-21-42(31-37)64(55)50(68)47-34-48(45-24-12-13-25-46(45)49(47)67)76-54-60-62-63-65(54)43-22-16-19-40(32-43)57-53(71)58-41-20-17-23-44(33-41)77(72,73)61-39-28-26-38(27-29-39)59-56-35-66/h12-13,15-29,31-36,59,61,67H,3-11,14,30H2,1-2H3,(H,56,66)(H2,57,58,71). The highest BCUT2D eigenvalue weighted by molar-refractivity contribution is 7.99. The van der Waals surface area contributed by atoms with Crippen LogP contribution in [0, 0.1) is 0 Å². The summed E-state index contributed by atoms with van der Waals surface area (Å²) in [6.07, 6.45) is 10.7. The lowest BCUT2D eigenvalue weighted by molar-refractivity contribution is -0.153. The lowest BCUT2D eigenvalue weighted by Gasteiger charge is -2.18. The Morgan fingerprint density at radius 1 is 0.766 bits per heavy atom. The molecule has 0 saturated heterocycles. The van der Waals surface area contributed by atoms with Gasteiger partial charge in [-0.2, -0.15) is 4.68 Å². The molecule has 0 radical (unpaired) electrons. The molecule has 1 unspecified atom stereocenters. The van der Waals surface area contributed by atoms with Crippen molar-refractivity contribution in [2.75, 3.05) is 31.8 Å². The average Bonchev–Trinajstić information content (AvgIpc) is 3.91. The normalized spacial score (nSPS) is 11.5. The molecule has 7 rings (SSSR count). The molecule has 0 aliphatic rings. The quantitative estimate of drug-likeness (QED) is 0.00919. The molecule has 4 amide bonds. The third-order valence-electron chi connectivity index (χ3n) is 11.9. The van der Waals surface area contributed by atoms with E-state index in [0.717, 1.165) is 35.4 Å². The van der Waals surface area contributed by atoms with Gasteiger partial charge in [0.05, 0.1) is 39.7 Å². The highest BCUT2D eigenvalue weighted by atomic mass is 35.5. The summed E-state index contributed by atoms with van der Waals surface area (Å²) >= 11 is 7.76. The van der Waals surface area contributed by atoms with Gasteiger partial charge in [0.2, 0.25) is 11.6 Å². The van der Waals surface area contributed by atoms with Crippen molar-refractivity contribution in [2.45, 2.75) is 99.1 Å². The highest BCUT2D eigenvalue weighted by Crippen LogP contribution is 2.40. The maximum atomic E-state index is 14.2. The Balaban J connectivity index is 0.975. The van der Waals surface area contributed by atoms with E-state index >= 15 is 0 Å². The molecular formula is C54H57ClN10O10S2. The van der Waals surface area contributed by atoms with Gasteiger partial charge in [-0.1, -0.05) is 107 Å². The van der Waals surface area contributed by atoms with Crippen LogP contribution in [0.3, 0.4) is 0 Å². The number of carbonyl (C=O) groups excluding carboxylic acids is 5. The van der Waals surface area contributed by atoms with Gasteiger partial charge in [0.15, 0.2) is 6.10 Å². The number of sulfonamides is 1. The van der Waals surface area contributed by atoms with E-state index in [-0.39, 0.29) is 50.6 Å². The number of anilines is 5. The third kappa shape index (κ3) is 15.7. The first-order valence-corrected chi connectivity index (χ1v) is 27.4. The number of hydrazine groups is 1. The number of amides is 4. The number of aromatic hydroxyl groups is 1. The zero-order valence-corrected chi connectivity index (χ0v) is 44.5. The molecule has 0 saturated carbocycles. The summed E-state index contributed by atoms with van der Waals surface area (Å²) in [7, 11) is -4.07. The third-order valence-corrected chi connectivity index (χ3v) is 14.6. The molecule has 77 heavy (non-hydrogen) atoms. The predicted molar refractivity (Wildman–Crippen MR) is 295 cm³/mol. The first kappa shape index (κ1) is 56.5. The van der Waals surface area contributed by atoms with Crippen molar-refractivity contribution >= 4 is 103 Å². The topological polar surface area (TPSA) is 265 Å². The minimum Gasteiger partial charge on any atom is -0.506 e. The number of hydrogen-bond donors (Lipinski definition) is 6. The van der Waals surface area contributed by atoms with Crippen molar-refractivity contribution < 1.29 is 47.0 Å². The number of ether oxygens (including phenoxy) is 2. The maximum absolute atomic E-state index is 14.2. The van der Waals surface area contributed by atoms with Gasteiger partial charge in [-0.25, -0.2) is 27.2 Å². The number of fused-ring (bicyclic) bond motifs is 1. The smallest absolute Gasteiger partial charge is 0.347 e. The number of benzene rings is 6. The summed E-state index contributed by atoms with van der Waals surface area (Å²) in [5.41, 5.74) is 6.56. The number of hydrogen-bond acceptors (Lipinski definition) is 15. The van der Waals surface area contributed by atoms with Crippen LogP contribution in [0.4, 0.5) is 33.2 Å². The van der Waals surface area contributed by atoms with Crippen molar-refractivity contribution in [1.29, 1.82) is 0 Å². The number of phenolic OH excluding ortho intramolecular Hbond substituents is 1. The summed E-state index contributed by atoms with van der Waals surface area (Å²) in [4.78, 5) is 64.2. The fourth-order valence-corrected chi connectivity index (χ4v) is 10.2. The van der Waals surface area contributed by atoms with Crippen LogP contribution in [0.2, 0.25) is 0 Å². The van der Waals surface area contributed by atoms with Crippen LogP contribution >= 0.6 is 23.5 Å². The molecule has 6 aromatic carbocycles. The number of unbranched alkanes of at least 4 members (excludes halogenated alkanes) is 9. The molecule has 6 N–H and O–H groups in total. The van der Waals surface area contributed by atoms with E-state index in [9.17, 15) is 37.5 Å². The average molecular weight is 1110 g/mol. The van der Waals surface area contributed by atoms with Crippen LogP contribution in [0.15, 0.2) is 142 Å². The number of nitrogens with zero attached hydrogens (tertiary/aromatic N) is 5. The van der Waals surface area contributed by atoms with Gasteiger partial charge in [-0.05, 0) is 126 Å². The minimum absolute atomic E-state index is 0.0117. The molecular weight excluding hydrogens is 1050 g/mol. The van der Waals surface area contributed by atoms with Gasteiger partial charge in [-0.15, -0.1) is 5.10 Å². The van der Waals surface area contributed by atoms with Gasteiger partial charge in [0.1, 0.15) is 5.75 Å². The summed E-state index contributed by atoms with van der Waals surface area (Å²) in [5, 5.41) is 30.3. The van der Waals surface area contributed by atoms with Gasteiger partial charge in [-0.3, -0.25) is 25.2 Å². The fraction of sp³-hybridized carbons (Fsp3) is 0.259. The Morgan fingerprint density at radius 2 is 1.42 bits per heavy atom. The summed E-state index contributed by atoms with van der Waals surface area (Å²) < 4.78 is 41.9. The van der Waals surface area contributed by atoms with Gasteiger partial charge >= 0.3 is 18.0 Å². The Labute approximate surface area is 454 Å². The van der Waals surface area contributed by atoms with Crippen molar-refractivity contribution in [1.82, 2.24) is 25.6 Å². The summed E-state index contributed by atoms with van der Waals surface area (Å²) in [6.45, 7) is 3.86. The number of halogens is 1.